The Morgan fingerprint density at radius 3 is 2.28 bits per heavy atom. The predicted molar refractivity (Wildman–Crippen MR) is 96.0 cm³/mol. The van der Waals surface area contributed by atoms with Gasteiger partial charge >= 0.3 is 0 Å². The van der Waals surface area contributed by atoms with Gasteiger partial charge < -0.3 is 10.0 Å². The number of hydrogen-bond donors (Lipinski definition) is 1. The molecule has 4 nitrogen and oxygen atoms in total. The highest BCUT2D eigenvalue weighted by atomic mass is 16.3. The summed E-state index contributed by atoms with van der Waals surface area (Å²) in [5.41, 5.74) is 1.81. The van der Waals surface area contributed by atoms with Crippen LogP contribution in [0.1, 0.15) is 42.5 Å². The van der Waals surface area contributed by atoms with Crippen LogP contribution in [0.5, 0.6) is 0 Å². The van der Waals surface area contributed by atoms with Crippen LogP contribution in [-0.2, 0) is 15.8 Å². The normalized spacial score (nSPS) is 21.0. The molecule has 1 aliphatic carbocycles. The minimum atomic E-state index is -0.918. The number of piperidine rings is 1. The van der Waals surface area contributed by atoms with Gasteiger partial charge in [0.25, 0.3) is 0 Å². The summed E-state index contributed by atoms with van der Waals surface area (Å²) in [6.45, 7) is 3.23. The quantitative estimate of drug-likeness (QED) is 0.938. The lowest BCUT2D eigenvalue weighted by atomic mass is 9.86. The number of pyridine rings is 1. The van der Waals surface area contributed by atoms with E-state index in [0.29, 0.717) is 31.6 Å². The third kappa shape index (κ3) is 2.85. The molecule has 0 atom stereocenters. The third-order valence-corrected chi connectivity index (χ3v) is 5.78. The first-order chi connectivity index (χ1) is 12.0. The standard InChI is InChI=1S/C21H24N2O2/c1-16-5-7-17(8-6-16)20(9-10-20)19(24)23-14-11-21(25,12-15-23)18-4-2-3-13-22-18/h2-8,13,25H,9-12,14-15H2,1H3. The summed E-state index contributed by atoms with van der Waals surface area (Å²) < 4.78 is 0. The molecular weight excluding hydrogens is 312 g/mol. The van der Waals surface area contributed by atoms with Crippen molar-refractivity contribution in [1.82, 2.24) is 9.88 Å². The monoisotopic (exact) mass is 336 g/mol. The molecule has 2 heterocycles. The summed E-state index contributed by atoms with van der Waals surface area (Å²) >= 11 is 0. The van der Waals surface area contributed by atoms with Gasteiger partial charge in [-0.25, -0.2) is 0 Å². The Morgan fingerprint density at radius 1 is 1.04 bits per heavy atom. The van der Waals surface area contributed by atoms with Crippen molar-refractivity contribution in [2.24, 2.45) is 0 Å². The number of aryl methyl sites for hydroxylation is 1. The SMILES string of the molecule is Cc1ccc(C2(C(=O)N3CCC(O)(c4ccccn4)CC3)CC2)cc1. The van der Waals surface area contributed by atoms with Crippen LogP contribution < -0.4 is 0 Å². The Balaban J connectivity index is 1.48. The first kappa shape index (κ1) is 16.3. The van der Waals surface area contributed by atoms with Crippen LogP contribution in [0.15, 0.2) is 48.7 Å². The molecule has 0 bridgehead atoms. The number of likely N-dealkylation sites (tertiary alicyclic amines) is 1. The van der Waals surface area contributed by atoms with Crippen molar-refractivity contribution in [1.29, 1.82) is 0 Å². The van der Waals surface area contributed by atoms with Crippen molar-refractivity contribution in [3.63, 3.8) is 0 Å². The van der Waals surface area contributed by atoms with E-state index >= 15 is 0 Å². The molecule has 0 spiro atoms. The van der Waals surface area contributed by atoms with E-state index in [9.17, 15) is 9.90 Å². The van der Waals surface area contributed by atoms with Crippen LogP contribution in [0.2, 0.25) is 0 Å². The fourth-order valence-corrected chi connectivity index (χ4v) is 3.90. The van der Waals surface area contributed by atoms with Gasteiger partial charge in [-0.1, -0.05) is 35.9 Å². The Hall–Kier alpha value is -2.20. The van der Waals surface area contributed by atoms with Gasteiger partial charge in [0, 0.05) is 19.3 Å². The van der Waals surface area contributed by atoms with Gasteiger partial charge in [0.15, 0.2) is 0 Å². The van der Waals surface area contributed by atoms with Crippen molar-refractivity contribution in [3.05, 3.63) is 65.5 Å². The summed E-state index contributed by atoms with van der Waals surface area (Å²) in [5, 5.41) is 10.9. The number of benzene rings is 1. The van der Waals surface area contributed by atoms with Crippen LogP contribution in [0.3, 0.4) is 0 Å². The van der Waals surface area contributed by atoms with Gasteiger partial charge in [0.05, 0.1) is 11.1 Å². The fourth-order valence-electron chi connectivity index (χ4n) is 3.90. The van der Waals surface area contributed by atoms with Crippen molar-refractivity contribution in [3.8, 4) is 0 Å². The second kappa shape index (κ2) is 5.95. The average molecular weight is 336 g/mol. The van der Waals surface area contributed by atoms with Crippen LogP contribution in [-0.4, -0.2) is 34.0 Å². The van der Waals surface area contributed by atoms with Crippen molar-refractivity contribution in [2.45, 2.75) is 43.6 Å². The van der Waals surface area contributed by atoms with Gasteiger partial charge in [0.1, 0.15) is 5.60 Å². The highest BCUT2D eigenvalue weighted by Gasteiger charge is 2.53. The molecule has 25 heavy (non-hydrogen) atoms. The molecule has 1 N–H and O–H groups in total. The average Bonchev–Trinajstić information content (AvgIpc) is 3.45. The second-order valence-corrected chi connectivity index (χ2v) is 7.49. The predicted octanol–water partition coefficient (Wildman–Crippen LogP) is 2.93. The van der Waals surface area contributed by atoms with E-state index in [0.717, 1.165) is 18.4 Å². The van der Waals surface area contributed by atoms with E-state index in [1.165, 1.54) is 5.56 Å². The molecule has 2 fully saturated rings. The third-order valence-electron chi connectivity index (χ3n) is 5.78. The zero-order chi connectivity index (χ0) is 17.5. The number of carbonyl (C=O) groups excluding carboxylic acids is 1. The summed E-state index contributed by atoms with van der Waals surface area (Å²) in [4.78, 5) is 19.4. The molecule has 1 aromatic carbocycles. The highest BCUT2D eigenvalue weighted by Crippen LogP contribution is 2.50. The molecule has 2 aromatic rings. The fraction of sp³-hybridized carbons (Fsp3) is 0.429. The largest absolute Gasteiger partial charge is 0.383 e. The number of aromatic nitrogens is 1. The molecule has 1 amide bonds. The molecule has 1 saturated carbocycles. The Labute approximate surface area is 148 Å². The van der Waals surface area contributed by atoms with E-state index in [2.05, 4.69) is 36.2 Å². The van der Waals surface area contributed by atoms with E-state index in [4.69, 9.17) is 0 Å². The van der Waals surface area contributed by atoms with Crippen molar-refractivity contribution >= 4 is 5.91 Å². The molecule has 130 valence electrons. The first-order valence-corrected chi connectivity index (χ1v) is 9.04. The lowest BCUT2D eigenvalue weighted by Gasteiger charge is -2.39. The number of nitrogens with zero attached hydrogens (tertiary/aromatic N) is 2. The Kier molecular flexibility index (Phi) is 3.88. The molecule has 0 unspecified atom stereocenters. The molecule has 4 heteroatoms. The Morgan fingerprint density at radius 2 is 1.72 bits per heavy atom. The molecule has 0 radical (unpaired) electrons. The van der Waals surface area contributed by atoms with Crippen LogP contribution in [0, 0.1) is 6.92 Å². The lowest BCUT2D eigenvalue weighted by molar-refractivity contribution is -0.138. The van der Waals surface area contributed by atoms with E-state index in [1.54, 1.807) is 6.20 Å². The maximum absolute atomic E-state index is 13.1. The van der Waals surface area contributed by atoms with Gasteiger partial charge in [-0.2, -0.15) is 0 Å². The molecule has 1 saturated heterocycles. The maximum Gasteiger partial charge on any atom is 0.233 e. The number of rotatable bonds is 3. The zero-order valence-corrected chi connectivity index (χ0v) is 14.6. The number of aliphatic hydroxyl groups is 1. The van der Waals surface area contributed by atoms with Crippen molar-refractivity contribution < 1.29 is 9.90 Å². The van der Waals surface area contributed by atoms with Crippen molar-refractivity contribution in [2.75, 3.05) is 13.1 Å². The summed E-state index contributed by atoms with van der Waals surface area (Å²) in [6.07, 6.45) is 4.65. The molecular formula is C21H24N2O2. The lowest BCUT2D eigenvalue weighted by Crippen LogP contribution is -2.48. The minimum absolute atomic E-state index is 0.222. The second-order valence-electron chi connectivity index (χ2n) is 7.49. The smallest absolute Gasteiger partial charge is 0.233 e. The summed E-state index contributed by atoms with van der Waals surface area (Å²) in [6, 6.07) is 14.0. The molecule has 1 aliphatic heterocycles. The van der Waals surface area contributed by atoms with Crippen LogP contribution in [0.25, 0.3) is 0 Å². The van der Waals surface area contributed by atoms with Crippen LogP contribution in [0.4, 0.5) is 0 Å². The van der Waals surface area contributed by atoms with Gasteiger partial charge in [-0.05, 0) is 50.3 Å². The van der Waals surface area contributed by atoms with E-state index < -0.39 is 5.60 Å². The van der Waals surface area contributed by atoms with Gasteiger partial charge in [-0.15, -0.1) is 0 Å². The summed E-state index contributed by atoms with van der Waals surface area (Å²) in [7, 11) is 0. The first-order valence-electron chi connectivity index (χ1n) is 9.04. The number of amides is 1. The topological polar surface area (TPSA) is 53.4 Å². The van der Waals surface area contributed by atoms with E-state index in [-0.39, 0.29) is 11.3 Å². The van der Waals surface area contributed by atoms with Crippen LogP contribution >= 0.6 is 0 Å². The highest BCUT2D eigenvalue weighted by molar-refractivity contribution is 5.91. The molecule has 1 aromatic heterocycles. The Bertz CT molecular complexity index is 758. The zero-order valence-electron chi connectivity index (χ0n) is 14.6. The maximum atomic E-state index is 13.1. The van der Waals surface area contributed by atoms with Gasteiger partial charge in [-0.3, -0.25) is 9.78 Å². The molecule has 4 rings (SSSR count). The minimum Gasteiger partial charge on any atom is -0.383 e. The molecule has 2 aliphatic rings. The number of carbonyl (C=O) groups is 1. The van der Waals surface area contributed by atoms with E-state index in [1.807, 2.05) is 23.1 Å². The summed E-state index contributed by atoms with van der Waals surface area (Å²) in [5.74, 6) is 0.222. The van der Waals surface area contributed by atoms with Gasteiger partial charge in [0.2, 0.25) is 5.91 Å². The number of hydrogen-bond acceptors (Lipinski definition) is 3.